The van der Waals surface area contributed by atoms with Gasteiger partial charge in [-0.2, -0.15) is 4.31 Å². The second kappa shape index (κ2) is 5.71. The van der Waals surface area contributed by atoms with Crippen molar-refractivity contribution >= 4 is 10.0 Å². The van der Waals surface area contributed by atoms with Crippen molar-refractivity contribution in [3.05, 3.63) is 29.6 Å². The smallest absolute Gasteiger partial charge is 0.248 e. The summed E-state index contributed by atoms with van der Waals surface area (Å²) < 4.78 is 65.3. The Bertz CT molecular complexity index is 575. The fourth-order valence-electron chi connectivity index (χ4n) is 2.24. The average Bonchev–Trinajstić information content (AvgIpc) is 2.37. The predicted octanol–water partition coefficient (Wildman–Crippen LogP) is 1.50. The van der Waals surface area contributed by atoms with Gasteiger partial charge in [-0.1, -0.05) is 0 Å². The Kier molecular flexibility index (Phi) is 4.36. The van der Waals surface area contributed by atoms with Crippen LogP contribution in [0.4, 0.5) is 13.2 Å². The summed E-state index contributed by atoms with van der Waals surface area (Å²) in [5, 5.41) is 8.99. The van der Waals surface area contributed by atoms with E-state index in [1.165, 1.54) is 0 Å². The molecule has 0 saturated carbocycles. The van der Waals surface area contributed by atoms with Crippen LogP contribution in [-0.2, 0) is 10.0 Å². The molecule has 0 aliphatic carbocycles. The van der Waals surface area contributed by atoms with E-state index in [2.05, 4.69) is 0 Å². The molecule has 2 rings (SSSR count). The average molecular weight is 309 g/mol. The maximum absolute atomic E-state index is 13.6. The van der Waals surface area contributed by atoms with Gasteiger partial charge in [0.05, 0.1) is 0 Å². The van der Waals surface area contributed by atoms with Crippen molar-refractivity contribution in [2.24, 2.45) is 5.92 Å². The van der Waals surface area contributed by atoms with Crippen LogP contribution in [-0.4, -0.2) is 37.5 Å². The van der Waals surface area contributed by atoms with Crippen molar-refractivity contribution in [1.82, 2.24) is 4.31 Å². The van der Waals surface area contributed by atoms with E-state index in [1.807, 2.05) is 0 Å². The van der Waals surface area contributed by atoms with Crippen molar-refractivity contribution < 1.29 is 26.7 Å². The van der Waals surface area contributed by atoms with Gasteiger partial charge in [0.15, 0.2) is 4.90 Å². The fraction of sp³-hybridized carbons (Fsp3) is 0.500. The lowest BCUT2D eigenvalue weighted by Gasteiger charge is -2.30. The molecule has 8 heteroatoms. The van der Waals surface area contributed by atoms with Crippen molar-refractivity contribution in [3.8, 4) is 0 Å². The largest absolute Gasteiger partial charge is 0.396 e. The lowest BCUT2D eigenvalue weighted by Crippen LogP contribution is -2.39. The van der Waals surface area contributed by atoms with Gasteiger partial charge >= 0.3 is 0 Å². The van der Waals surface area contributed by atoms with Crippen LogP contribution in [0.5, 0.6) is 0 Å². The van der Waals surface area contributed by atoms with Crippen LogP contribution in [0.25, 0.3) is 0 Å². The molecule has 1 N–H and O–H groups in total. The molecule has 20 heavy (non-hydrogen) atoms. The zero-order valence-corrected chi connectivity index (χ0v) is 11.3. The lowest BCUT2D eigenvalue weighted by molar-refractivity contribution is 0.170. The molecule has 0 bridgehead atoms. The number of hydrogen-bond acceptors (Lipinski definition) is 3. The normalized spacial score (nSPS) is 18.4. The zero-order valence-electron chi connectivity index (χ0n) is 10.5. The quantitative estimate of drug-likeness (QED) is 0.920. The predicted molar refractivity (Wildman–Crippen MR) is 64.9 cm³/mol. The van der Waals surface area contributed by atoms with Gasteiger partial charge in [-0.05, 0) is 18.8 Å². The van der Waals surface area contributed by atoms with E-state index in [4.69, 9.17) is 5.11 Å². The minimum Gasteiger partial charge on any atom is -0.396 e. The van der Waals surface area contributed by atoms with Crippen LogP contribution in [0, 0.1) is 23.4 Å². The summed E-state index contributed by atoms with van der Waals surface area (Å²) in [6.07, 6.45) is 0.834. The number of sulfonamides is 1. The molecular formula is C12H14F3NO3S. The van der Waals surface area contributed by atoms with Crippen molar-refractivity contribution in [2.45, 2.75) is 17.7 Å². The number of hydrogen-bond donors (Lipinski definition) is 1. The molecule has 1 aromatic rings. The van der Waals surface area contributed by atoms with Crippen LogP contribution in [0.2, 0.25) is 0 Å². The van der Waals surface area contributed by atoms with Crippen LogP contribution < -0.4 is 0 Å². The van der Waals surface area contributed by atoms with Gasteiger partial charge in [0.2, 0.25) is 10.0 Å². The molecule has 0 spiro atoms. The fourth-order valence-corrected chi connectivity index (χ4v) is 3.80. The van der Waals surface area contributed by atoms with Gasteiger partial charge in [0.25, 0.3) is 0 Å². The molecule has 4 nitrogen and oxygen atoms in total. The maximum atomic E-state index is 13.6. The number of nitrogens with zero attached hydrogens (tertiary/aromatic N) is 1. The van der Waals surface area contributed by atoms with E-state index in [0.717, 1.165) is 4.31 Å². The Morgan fingerprint density at radius 3 is 2.10 bits per heavy atom. The van der Waals surface area contributed by atoms with E-state index in [1.54, 1.807) is 0 Å². The van der Waals surface area contributed by atoms with Crippen molar-refractivity contribution in [1.29, 1.82) is 0 Å². The van der Waals surface area contributed by atoms with Gasteiger partial charge in [0, 0.05) is 31.8 Å². The second-order valence-corrected chi connectivity index (χ2v) is 6.60. The highest BCUT2D eigenvalue weighted by molar-refractivity contribution is 7.89. The van der Waals surface area contributed by atoms with Crippen molar-refractivity contribution in [3.63, 3.8) is 0 Å². The lowest BCUT2D eigenvalue weighted by atomic mass is 10.00. The Balaban J connectivity index is 2.32. The summed E-state index contributed by atoms with van der Waals surface area (Å²) in [6, 6.07) is 0.687. The summed E-state index contributed by atoms with van der Waals surface area (Å²) >= 11 is 0. The van der Waals surface area contributed by atoms with Gasteiger partial charge in [0.1, 0.15) is 17.5 Å². The minimum absolute atomic E-state index is 0.00985. The molecule has 1 saturated heterocycles. The Hall–Kier alpha value is -1.12. The number of aliphatic hydroxyl groups is 1. The molecule has 0 aromatic heterocycles. The van der Waals surface area contributed by atoms with Gasteiger partial charge < -0.3 is 5.11 Å². The molecule has 1 aliphatic heterocycles. The first-order chi connectivity index (χ1) is 9.36. The Morgan fingerprint density at radius 1 is 1.15 bits per heavy atom. The molecule has 0 amide bonds. The molecule has 0 radical (unpaired) electrons. The molecule has 1 aliphatic rings. The maximum Gasteiger partial charge on any atom is 0.248 e. The first-order valence-electron chi connectivity index (χ1n) is 6.12. The molecule has 112 valence electrons. The van der Waals surface area contributed by atoms with Crippen LogP contribution in [0.1, 0.15) is 12.8 Å². The van der Waals surface area contributed by atoms with Gasteiger partial charge in [-0.3, -0.25) is 0 Å². The van der Waals surface area contributed by atoms with E-state index in [-0.39, 0.29) is 25.6 Å². The second-order valence-electron chi connectivity index (χ2n) is 4.73. The summed E-state index contributed by atoms with van der Waals surface area (Å²) in [6.45, 7) is 0.0980. The van der Waals surface area contributed by atoms with E-state index in [0.29, 0.717) is 25.0 Å². The monoisotopic (exact) mass is 309 g/mol. The Morgan fingerprint density at radius 2 is 1.65 bits per heavy atom. The number of halogens is 3. The van der Waals surface area contributed by atoms with Crippen LogP contribution in [0.3, 0.4) is 0 Å². The topological polar surface area (TPSA) is 57.6 Å². The first-order valence-corrected chi connectivity index (χ1v) is 7.56. The highest BCUT2D eigenvalue weighted by atomic mass is 32.2. The molecule has 1 aromatic carbocycles. The Labute approximate surface area is 114 Å². The number of benzene rings is 1. The molecular weight excluding hydrogens is 295 g/mol. The first kappa shape index (κ1) is 15.3. The van der Waals surface area contributed by atoms with Gasteiger partial charge in [-0.15, -0.1) is 0 Å². The van der Waals surface area contributed by atoms with Crippen LogP contribution >= 0.6 is 0 Å². The third kappa shape index (κ3) is 2.82. The summed E-state index contributed by atoms with van der Waals surface area (Å²) in [4.78, 5) is -1.12. The van der Waals surface area contributed by atoms with E-state index >= 15 is 0 Å². The van der Waals surface area contributed by atoms with E-state index < -0.39 is 32.4 Å². The molecule has 0 atom stereocenters. The SMILES string of the molecule is O=S(=O)(c1c(F)cc(F)cc1F)N1CCC(CO)CC1. The van der Waals surface area contributed by atoms with E-state index in [9.17, 15) is 21.6 Å². The highest BCUT2D eigenvalue weighted by Gasteiger charge is 2.33. The standard InChI is InChI=1S/C12H14F3NO3S/c13-9-5-10(14)12(11(15)6-9)20(18,19)16-3-1-8(7-17)2-4-16/h5-6,8,17H,1-4,7H2. The number of piperidine rings is 1. The number of rotatable bonds is 3. The third-order valence-corrected chi connectivity index (χ3v) is 5.34. The van der Waals surface area contributed by atoms with Crippen molar-refractivity contribution in [2.75, 3.05) is 19.7 Å². The summed E-state index contributed by atoms with van der Waals surface area (Å²) in [5.41, 5.74) is 0. The molecule has 1 heterocycles. The molecule has 0 unspecified atom stereocenters. The summed E-state index contributed by atoms with van der Waals surface area (Å²) in [5.74, 6) is -4.05. The third-order valence-electron chi connectivity index (χ3n) is 3.39. The summed E-state index contributed by atoms with van der Waals surface area (Å²) in [7, 11) is -4.34. The molecule has 1 fully saturated rings. The minimum atomic E-state index is -4.34. The van der Waals surface area contributed by atoms with Gasteiger partial charge in [-0.25, -0.2) is 21.6 Å². The number of aliphatic hydroxyl groups excluding tert-OH is 1. The zero-order chi connectivity index (χ0) is 14.9. The van der Waals surface area contributed by atoms with Crippen LogP contribution in [0.15, 0.2) is 17.0 Å². The highest BCUT2D eigenvalue weighted by Crippen LogP contribution is 2.27.